The second-order valence-electron chi connectivity index (χ2n) is 7.99. The maximum absolute atomic E-state index is 12.9. The van der Waals surface area contributed by atoms with Crippen LogP contribution in [0.25, 0.3) is 6.08 Å². The second kappa shape index (κ2) is 11.2. The van der Waals surface area contributed by atoms with Crippen molar-refractivity contribution in [2.75, 3.05) is 11.9 Å². The molecular weight excluding hydrogens is 519 g/mol. The van der Waals surface area contributed by atoms with Crippen LogP contribution in [0.15, 0.2) is 77.7 Å². The Morgan fingerprint density at radius 1 is 1.05 bits per heavy atom. The monoisotopic (exact) mass is 537 g/mol. The minimum atomic E-state index is -4.59. The number of alkyl halides is 3. The molecule has 0 unspecified atom stereocenters. The highest BCUT2D eigenvalue weighted by Gasteiger charge is 2.36. The van der Waals surface area contributed by atoms with E-state index < -0.39 is 35.3 Å². The number of nitrogens with zero attached hydrogens (tertiary/aromatic N) is 2. The maximum atomic E-state index is 12.9. The Kier molecular flexibility index (Phi) is 7.83. The molecular formula is C27H18F3N3O4S. The van der Waals surface area contributed by atoms with Crippen molar-refractivity contribution in [3.05, 3.63) is 100.0 Å². The fourth-order valence-electron chi connectivity index (χ4n) is 3.54. The molecule has 0 radical (unpaired) electrons. The number of hydrogen-bond donors (Lipinski definition) is 1. The number of para-hydroxylation sites is 1. The van der Waals surface area contributed by atoms with Crippen molar-refractivity contribution in [1.82, 2.24) is 4.90 Å². The Labute approximate surface area is 219 Å². The molecule has 192 valence electrons. The van der Waals surface area contributed by atoms with E-state index in [2.05, 4.69) is 11.4 Å². The van der Waals surface area contributed by atoms with E-state index >= 15 is 0 Å². The van der Waals surface area contributed by atoms with Crippen LogP contribution < -0.4 is 10.1 Å². The van der Waals surface area contributed by atoms with Gasteiger partial charge in [-0.25, -0.2) is 0 Å². The lowest BCUT2D eigenvalue weighted by molar-refractivity contribution is -0.137. The number of carbonyl (C=O) groups excluding carboxylic acids is 3. The fourth-order valence-corrected chi connectivity index (χ4v) is 4.37. The first-order valence-electron chi connectivity index (χ1n) is 11.1. The van der Waals surface area contributed by atoms with Gasteiger partial charge in [-0.3, -0.25) is 19.3 Å². The summed E-state index contributed by atoms with van der Waals surface area (Å²) in [5.41, 5.74) is 0.588. The predicted octanol–water partition coefficient (Wildman–Crippen LogP) is 5.83. The summed E-state index contributed by atoms with van der Waals surface area (Å²) >= 11 is 0.631. The average molecular weight is 538 g/mol. The molecule has 0 bridgehead atoms. The lowest BCUT2D eigenvalue weighted by Gasteiger charge is -2.13. The van der Waals surface area contributed by atoms with Crippen LogP contribution in [0.1, 0.15) is 22.3 Å². The van der Waals surface area contributed by atoms with E-state index in [9.17, 15) is 32.8 Å². The number of nitriles is 1. The van der Waals surface area contributed by atoms with Gasteiger partial charge in [-0.1, -0.05) is 42.5 Å². The SMILES string of the molecule is N#Cc1ccccc1COc1ccccc1/C=C1\SC(=O)N(CC(=O)Nc2cccc(C(F)(F)F)c2)C1=O. The summed E-state index contributed by atoms with van der Waals surface area (Å²) in [4.78, 5) is 38.5. The van der Waals surface area contributed by atoms with E-state index in [4.69, 9.17) is 4.74 Å². The third-order valence-corrected chi connectivity index (χ3v) is 6.28. The number of carbonyl (C=O) groups is 3. The number of nitrogens with one attached hydrogen (secondary N) is 1. The fraction of sp³-hybridized carbons (Fsp3) is 0.111. The summed E-state index contributed by atoms with van der Waals surface area (Å²) in [6, 6.07) is 19.9. The lowest BCUT2D eigenvalue weighted by Crippen LogP contribution is -2.36. The number of hydrogen-bond acceptors (Lipinski definition) is 6. The molecule has 0 saturated carbocycles. The van der Waals surface area contributed by atoms with E-state index in [1.807, 2.05) is 0 Å². The molecule has 38 heavy (non-hydrogen) atoms. The quantitative estimate of drug-likeness (QED) is 0.381. The van der Waals surface area contributed by atoms with Crippen molar-refractivity contribution < 1.29 is 32.3 Å². The summed E-state index contributed by atoms with van der Waals surface area (Å²) in [7, 11) is 0. The number of benzene rings is 3. The zero-order chi connectivity index (χ0) is 27.3. The van der Waals surface area contributed by atoms with E-state index in [1.54, 1.807) is 48.5 Å². The number of imide groups is 1. The molecule has 11 heteroatoms. The van der Waals surface area contributed by atoms with Gasteiger partial charge in [-0.15, -0.1) is 0 Å². The van der Waals surface area contributed by atoms with Gasteiger partial charge in [0, 0.05) is 16.8 Å². The summed E-state index contributed by atoms with van der Waals surface area (Å²) in [5.74, 6) is -1.13. The average Bonchev–Trinajstić information content (AvgIpc) is 3.15. The molecule has 0 aliphatic carbocycles. The van der Waals surface area contributed by atoms with Gasteiger partial charge in [-0.2, -0.15) is 18.4 Å². The van der Waals surface area contributed by atoms with E-state index in [0.717, 1.165) is 18.2 Å². The summed E-state index contributed by atoms with van der Waals surface area (Å²) < 4.78 is 44.6. The Hall–Kier alpha value is -4.56. The van der Waals surface area contributed by atoms with Crippen molar-refractivity contribution in [3.63, 3.8) is 0 Å². The smallest absolute Gasteiger partial charge is 0.416 e. The van der Waals surface area contributed by atoms with Crippen LogP contribution in [0.2, 0.25) is 0 Å². The van der Waals surface area contributed by atoms with Gasteiger partial charge in [0.15, 0.2) is 0 Å². The molecule has 0 atom stereocenters. The molecule has 3 aromatic carbocycles. The van der Waals surface area contributed by atoms with Crippen molar-refractivity contribution in [1.29, 1.82) is 5.26 Å². The van der Waals surface area contributed by atoms with Gasteiger partial charge in [0.1, 0.15) is 18.9 Å². The largest absolute Gasteiger partial charge is 0.488 e. The molecule has 1 heterocycles. The number of amides is 3. The molecule has 4 rings (SSSR count). The zero-order valence-corrected chi connectivity index (χ0v) is 20.3. The first-order chi connectivity index (χ1) is 18.2. The maximum Gasteiger partial charge on any atom is 0.416 e. The topological polar surface area (TPSA) is 99.5 Å². The van der Waals surface area contributed by atoms with Gasteiger partial charge in [-0.05, 0) is 48.2 Å². The van der Waals surface area contributed by atoms with Crippen LogP contribution in [-0.4, -0.2) is 28.5 Å². The first kappa shape index (κ1) is 26.5. The number of anilines is 1. The van der Waals surface area contributed by atoms with Crippen LogP contribution in [0.4, 0.5) is 23.7 Å². The summed E-state index contributed by atoms with van der Waals surface area (Å²) in [5, 5.41) is 10.9. The van der Waals surface area contributed by atoms with Crippen molar-refractivity contribution in [2.24, 2.45) is 0 Å². The van der Waals surface area contributed by atoms with Crippen molar-refractivity contribution >= 4 is 40.6 Å². The van der Waals surface area contributed by atoms with Gasteiger partial charge in [0.05, 0.1) is 22.1 Å². The zero-order valence-electron chi connectivity index (χ0n) is 19.5. The van der Waals surface area contributed by atoms with Crippen molar-refractivity contribution in [2.45, 2.75) is 12.8 Å². The van der Waals surface area contributed by atoms with E-state index in [0.29, 0.717) is 39.1 Å². The standard InChI is InChI=1S/C27H18F3N3O4S/c28-27(29,30)20-9-5-10-21(13-20)32-24(34)15-33-25(35)23(38-26(33)36)12-17-6-3-4-11-22(17)37-16-19-8-2-1-7-18(19)14-31/h1-13H,15-16H2,(H,32,34)/b23-12-. The first-order valence-corrected chi connectivity index (χ1v) is 11.9. The van der Waals surface area contributed by atoms with E-state index in [1.165, 1.54) is 12.1 Å². The van der Waals surface area contributed by atoms with Crippen LogP contribution in [0.5, 0.6) is 5.75 Å². The normalized spacial score (nSPS) is 14.5. The molecule has 1 aliphatic rings. The third-order valence-electron chi connectivity index (χ3n) is 5.38. The molecule has 3 amide bonds. The van der Waals surface area contributed by atoms with Crippen LogP contribution in [0.3, 0.4) is 0 Å². The number of rotatable bonds is 7. The second-order valence-corrected chi connectivity index (χ2v) is 8.98. The third kappa shape index (κ3) is 6.22. The van der Waals surface area contributed by atoms with E-state index in [-0.39, 0.29) is 17.2 Å². The Bertz CT molecular complexity index is 1480. The van der Waals surface area contributed by atoms with Gasteiger partial charge >= 0.3 is 6.18 Å². The molecule has 1 N–H and O–H groups in total. The van der Waals surface area contributed by atoms with Crippen LogP contribution in [0, 0.1) is 11.3 Å². The summed E-state index contributed by atoms with van der Waals surface area (Å²) in [6.45, 7) is -0.562. The molecule has 7 nitrogen and oxygen atoms in total. The number of halogens is 3. The van der Waals surface area contributed by atoms with Crippen molar-refractivity contribution in [3.8, 4) is 11.8 Å². The lowest BCUT2D eigenvalue weighted by atomic mass is 10.1. The van der Waals surface area contributed by atoms with Gasteiger partial charge < -0.3 is 10.1 Å². The molecule has 3 aromatic rings. The number of ether oxygens (including phenoxy) is 1. The van der Waals surface area contributed by atoms with Crippen LogP contribution >= 0.6 is 11.8 Å². The predicted molar refractivity (Wildman–Crippen MR) is 135 cm³/mol. The number of thioether (sulfide) groups is 1. The Balaban J connectivity index is 1.45. The summed E-state index contributed by atoms with van der Waals surface area (Å²) in [6.07, 6.45) is -3.13. The highest BCUT2D eigenvalue weighted by atomic mass is 32.2. The molecule has 1 aliphatic heterocycles. The van der Waals surface area contributed by atoms with Gasteiger partial charge in [0.25, 0.3) is 11.1 Å². The highest BCUT2D eigenvalue weighted by molar-refractivity contribution is 8.18. The molecule has 0 aromatic heterocycles. The van der Waals surface area contributed by atoms with Crippen LogP contribution in [-0.2, 0) is 22.4 Å². The minimum Gasteiger partial charge on any atom is -0.488 e. The minimum absolute atomic E-state index is 0.0512. The van der Waals surface area contributed by atoms with Gasteiger partial charge in [0.2, 0.25) is 5.91 Å². The molecule has 1 fully saturated rings. The Morgan fingerprint density at radius 2 is 1.79 bits per heavy atom. The highest BCUT2D eigenvalue weighted by Crippen LogP contribution is 2.34. The molecule has 0 spiro atoms. The molecule has 1 saturated heterocycles. The Morgan fingerprint density at radius 3 is 2.55 bits per heavy atom.